The average Bonchev–Trinajstić information content (AvgIpc) is 3.17. The third-order valence-corrected chi connectivity index (χ3v) is 10.5. The van der Waals surface area contributed by atoms with E-state index in [-0.39, 0.29) is 34.7 Å². The van der Waals surface area contributed by atoms with Crippen LogP contribution in [0.25, 0.3) is 6.08 Å². The number of imide groups is 2. The second kappa shape index (κ2) is 14.0. The molecule has 0 radical (unpaired) electrons. The molecular weight excluding hydrogens is 692 g/mol. The Morgan fingerprint density at radius 2 is 1.42 bits per heavy atom. The smallest absolute Gasteiger partial charge is 0.335 e. The number of carbonyl (C=O) groups excluding carboxylic acids is 3. The number of carbonyl (C=O) groups is 3. The molecule has 0 bridgehead atoms. The number of halogens is 1. The number of hydrogen-bond acceptors (Lipinski definition) is 7. The highest BCUT2D eigenvalue weighted by Gasteiger charge is 2.40. The van der Waals surface area contributed by atoms with Gasteiger partial charge in [-0.05, 0) is 88.7 Å². The van der Waals surface area contributed by atoms with Gasteiger partial charge in [0.25, 0.3) is 17.5 Å². The first-order valence-electron chi connectivity index (χ1n) is 17.3. The van der Waals surface area contributed by atoms with E-state index in [1.54, 1.807) is 30.3 Å². The monoisotopic (exact) mass is 724 g/mol. The van der Waals surface area contributed by atoms with E-state index < -0.39 is 22.8 Å². The zero-order valence-electron chi connectivity index (χ0n) is 28.4. The molecule has 1 N–H and O–H groups in total. The highest BCUT2D eigenvalue weighted by molar-refractivity contribution is 6.39. The van der Waals surface area contributed by atoms with Crippen molar-refractivity contribution >= 4 is 52.6 Å². The van der Waals surface area contributed by atoms with Crippen LogP contribution < -0.4 is 19.9 Å². The molecule has 3 aliphatic rings. The summed E-state index contributed by atoms with van der Waals surface area (Å²) in [5.74, 6) is -1.09. The zero-order valence-corrected chi connectivity index (χ0v) is 29.2. The van der Waals surface area contributed by atoms with Gasteiger partial charge in [0.1, 0.15) is 17.9 Å². The van der Waals surface area contributed by atoms with Crippen LogP contribution in [0.1, 0.15) is 58.1 Å². The summed E-state index contributed by atoms with van der Waals surface area (Å²) in [6, 6.07) is 34.4. The molecule has 5 aromatic rings. The van der Waals surface area contributed by atoms with Crippen molar-refractivity contribution in [3.8, 4) is 5.75 Å². The number of nitro benzene ring substituents is 1. The van der Waals surface area contributed by atoms with Crippen LogP contribution >= 0.6 is 11.6 Å². The highest BCUT2D eigenvalue weighted by Crippen LogP contribution is 2.50. The molecular formula is C42H33ClN4O6. The molecule has 11 heteroatoms. The van der Waals surface area contributed by atoms with E-state index in [1.807, 2.05) is 48.5 Å². The van der Waals surface area contributed by atoms with E-state index >= 15 is 0 Å². The second-order valence-electron chi connectivity index (χ2n) is 13.3. The van der Waals surface area contributed by atoms with Crippen LogP contribution in [-0.4, -0.2) is 35.9 Å². The first kappa shape index (κ1) is 33.9. The third kappa shape index (κ3) is 6.53. The van der Waals surface area contributed by atoms with Gasteiger partial charge in [0.2, 0.25) is 0 Å². The third-order valence-electron chi connectivity index (χ3n) is 10.2. The molecule has 3 heterocycles. The van der Waals surface area contributed by atoms with Crippen LogP contribution in [0.4, 0.5) is 21.9 Å². The van der Waals surface area contributed by atoms with Gasteiger partial charge in [0, 0.05) is 42.7 Å². The van der Waals surface area contributed by atoms with Gasteiger partial charge in [-0.25, -0.2) is 9.69 Å². The quantitative estimate of drug-likeness (QED) is 0.0739. The second-order valence-corrected chi connectivity index (χ2v) is 13.7. The molecule has 0 aliphatic carbocycles. The van der Waals surface area contributed by atoms with E-state index in [0.29, 0.717) is 22.6 Å². The van der Waals surface area contributed by atoms with Crippen molar-refractivity contribution in [2.75, 3.05) is 22.9 Å². The first-order chi connectivity index (χ1) is 25.7. The van der Waals surface area contributed by atoms with Gasteiger partial charge in [0.05, 0.1) is 15.6 Å². The van der Waals surface area contributed by atoms with Gasteiger partial charge in [-0.1, -0.05) is 78.3 Å². The molecule has 4 amide bonds. The number of non-ortho nitro benzene ring substituents is 1. The molecule has 0 saturated carbocycles. The molecule has 1 fully saturated rings. The summed E-state index contributed by atoms with van der Waals surface area (Å²) in [5, 5.41) is 13.6. The minimum atomic E-state index is -0.812. The number of urea groups is 1. The minimum Gasteiger partial charge on any atom is -0.487 e. The van der Waals surface area contributed by atoms with Crippen LogP contribution in [-0.2, 0) is 16.2 Å². The molecule has 0 aromatic heterocycles. The Morgan fingerprint density at radius 1 is 0.811 bits per heavy atom. The Hall–Kier alpha value is -6.26. The van der Waals surface area contributed by atoms with Gasteiger partial charge in [-0.3, -0.25) is 25.0 Å². The molecule has 10 nitrogen and oxygen atoms in total. The number of barbiturate groups is 1. The number of ether oxygens (including phenoxy) is 1. The summed E-state index contributed by atoms with van der Waals surface area (Å²) in [5.41, 5.74) is 6.90. The standard InChI is InChI=1S/C42H33ClN4O6/c43-37-22-27(13-16-38(37)53-25-26-11-14-30(15-12-26)47(51)52)21-36-40(48)44-42(50)46(41(36)49)31-23-34-32(28-7-3-1-4-8-28)17-19-45-20-18-33(35(24-31)39(34)45)29-9-5-2-6-10-29/h1-16,21-24,32-33H,17-20,25H2,(H,44,48,50)/b36-21+/t32-,33-/m1/s1. The Balaban J connectivity index is 1.13. The summed E-state index contributed by atoms with van der Waals surface area (Å²) in [6.07, 6.45) is 3.18. The summed E-state index contributed by atoms with van der Waals surface area (Å²) < 4.78 is 5.84. The van der Waals surface area contributed by atoms with Crippen molar-refractivity contribution in [2.45, 2.75) is 31.3 Å². The van der Waals surface area contributed by atoms with Crippen molar-refractivity contribution in [1.82, 2.24) is 5.32 Å². The minimum absolute atomic E-state index is 0.0219. The maximum atomic E-state index is 14.2. The van der Waals surface area contributed by atoms with Crippen LogP contribution in [0.3, 0.4) is 0 Å². The average molecular weight is 725 g/mol. The van der Waals surface area contributed by atoms with Crippen LogP contribution in [0.2, 0.25) is 5.02 Å². The normalized spacial score (nSPS) is 18.8. The predicted octanol–water partition coefficient (Wildman–Crippen LogP) is 8.37. The van der Waals surface area contributed by atoms with Gasteiger partial charge in [0.15, 0.2) is 0 Å². The van der Waals surface area contributed by atoms with E-state index in [9.17, 15) is 24.5 Å². The molecule has 2 atom stereocenters. The maximum absolute atomic E-state index is 14.2. The molecule has 1 saturated heterocycles. The van der Waals surface area contributed by atoms with Crippen molar-refractivity contribution in [3.63, 3.8) is 0 Å². The van der Waals surface area contributed by atoms with E-state index in [1.165, 1.54) is 18.2 Å². The fraction of sp³-hybridized carbons (Fsp3) is 0.167. The van der Waals surface area contributed by atoms with Crippen LogP contribution in [0, 0.1) is 10.1 Å². The number of nitro groups is 1. The summed E-state index contributed by atoms with van der Waals surface area (Å²) in [7, 11) is 0. The largest absolute Gasteiger partial charge is 0.487 e. The molecule has 53 heavy (non-hydrogen) atoms. The number of anilines is 2. The number of benzene rings is 5. The Bertz CT molecular complexity index is 2220. The first-order valence-corrected chi connectivity index (χ1v) is 17.7. The molecule has 3 aliphatic heterocycles. The topological polar surface area (TPSA) is 122 Å². The fourth-order valence-corrected chi connectivity index (χ4v) is 7.87. The van der Waals surface area contributed by atoms with Crippen molar-refractivity contribution in [2.24, 2.45) is 0 Å². The van der Waals surface area contributed by atoms with Gasteiger partial charge in [-0.15, -0.1) is 0 Å². The molecule has 264 valence electrons. The lowest BCUT2D eigenvalue weighted by Crippen LogP contribution is -2.54. The van der Waals surface area contributed by atoms with Crippen molar-refractivity contribution in [3.05, 3.63) is 169 Å². The van der Waals surface area contributed by atoms with E-state index in [4.69, 9.17) is 16.3 Å². The maximum Gasteiger partial charge on any atom is 0.335 e. The summed E-state index contributed by atoms with van der Waals surface area (Å²) in [6.45, 7) is 1.91. The Labute approximate surface area is 310 Å². The molecule has 8 rings (SSSR count). The van der Waals surface area contributed by atoms with Crippen LogP contribution in [0.15, 0.2) is 121 Å². The lowest BCUT2D eigenvalue weighted by atomic mass is 9.76. The zero-order chi connectivity index (χ0) is 36.6. The van der Waals surface area contributed by atoms with E-state index in [2.05, 4.69) is 34.5 Å². The molecule has 5 aromatic carbocycles. The Kier molecular flexibility index (Phi) is 8.97. The molecule has 0 spiro atoms. The summed E-state index contributed by atoms with van der Waals surface area (Å²) in [4.78, 5) is 55.0. The number of rotatable bonds is 8. The van der Waals surface area contributed by atoms with E-state index in [0.717, 1.165) is 58.8 Å². The number of nitrogens with one attached hydrogen (secondary N) is 1. The van der Waals surface area contributed by atoms with Gasteiger partial charge < -0.3 is 9.64 Å². The lowest BCUT2D eigenvalue weighted by molar-refractivity contribution is -0.384. The summed E-state index contributed by atoms with van der Waals surface area (Å²) >= 11 is 6.55. The number of hydrogen-bond donors (Lipinski definition) is 1. The number of amides is 4. The lowest BCUT2D eigenvalue weighted by Gasteiger charge is -2.44. The Morgan fingerprint density at radius 3 is 1.98 bits per heavy atom. The molecule has 0 unspecified atom stereocenters. The predicted molar refractivity (Wildman–Crippen MR) is 202 cm³/mol. The van der Waals surface area contributed by atoms with Crippen LogP contribution in [0.5, 0.6) is 5.75 Å². The van der Waals surface area contributed by atoms with Crippen molar-refractivity contribution < 1.29 is 24.0 Å². The van der Waals surface area contributed by atoms with Gasteiger partial charge >= 0.3 is 6.03 Å². The fourth-order valence-electron chi connectivity index (χ4n) is 7.63. The SMILES string of the molecule is O=C1NC(=O)N(c2cc3c4c(c2)[C@@H](c2ccccc2)CCN4CC[C@@H]3c2ccccc2)C(=O)/C1=C/c1ccc(OCc2ccc([N+](=O)[O-])cc2)c(Cl)c1. The highest BCUT2D eigenvalue weighted by atomic mass is 35.5. The number of nitrogens with zero attached hydrogens (tertiary/aromatic N) is 3. The van der Waals surface area contributed by atoms with Crippen molar-refractivity contribution in [1.29, 1.82) is 0 Å². The van der Waals surface area contributed by atoms with Gasteiger partial charge in [-0.2, -0.15) is 0 Å².